The number of allylic oxidation sites excluding steroid dienone is 5. The average Bonchev–Trinajstić information content (AvgIpc) is 3.25. The summed E-state index contributed by atoms with van der Waals surface area (Å²) in [6.45, 7) is 0. The van der Waals surface area contributed by atoms with Gasteiger partial charge in [-0.15, -0.1) is 0 Å². The zero-order valence-electron chi connectivity index (χ0n) is 14.8. The Morgan fingerprint density at radius 2 is 1.40 bits per heavy atom. The third-order valence-electron chi connectivity index (χ3n) is 6.43. The summed E-state index contributed by atoms with van der Waals surface area (Å²) in [6.07, 6.45) is 13.6. The predicted molar refractivity (Wildman–Crippen MR) is 104 cm³/mol. The van der Waals surface area contributed by atoms with Gasteiger partial charge in [0.05, 0.1) is 0 Å². The van der Waals surface area contributed by atoms with Gasteiger partial charge < -0.3 is 0 Å². The third kappa shape index (κ3) is 2.43. The molecule has 3 aliphatic carbocycles. The van der Waals surface area contributed by atoms with Crippen molar-refractivity contribution in [2.75, 3.05) is 0 Å². The van der Waals surface area contributed by atoms with E-state index in [1.807, 2.05) is 0 Å². The van der Waals surface area contributed by atoms with Gasteiger partial charge in [0.25, 0.3) is 0 Å². The molecule has 2 aromatic rings. The summed E-state index contributed by atoms with van der Waals surface area (Å²) in [5, 5.41) is 0. The van der Waals surface area contributed by atoms with Crippen LogP contribution in [0, 0.1) is 0 Å². The maximum absolute atomic E-state index is 2.84. The molecule has 1 fully saturated rings. The summed E-state index contributed by atoms with van der Waals surface area (Å²) in [7, 11) is 0. The minimum absolute atomic E-state index is 0.632. The van der Waals surface area contributed by atoms with Gasteiger partial charge in [0.15, 0.2) is 0 Å². The molecule has 0 radical (unpaired) electrons. The van der Waals surface area contributed by atoms with Crippen LogP contribution in [0.5, 0.6) is 0 Å². The molecular formula is C24H24Zr. The van der Waals surface area contributed by atoms with Gasteiger partial charge in [0, 0.05) is 0 Å². The van der Waals surface area contributed by atoms with Gasteiger partial charge in [-0.3, -0.25) is 0 Å². The van der Waals surface area contributed by atoms with E-state index < -0.39 is 20.3 Å². The second-order valence-electron chi connectivity index (χ2n) is 7.93. The predicted octanol–water partition coefficient (Wildman–Crippen LogP) is 6.94. The molecule has 1 atom stereocenters. The van der Waals surface area contributed by atoms with Crippen LogP contribution in [0.2, 0.25) is 8.26 Å². The summed E-state index contributed by atoms with van der Waals surface area (Å²) in [5.74, 6) is 0. The molecule has 0 saturated heterocycles. The fourth-order valence-corrected chi connectivity index (χ4v) is 16.8. The Balaban J connectivity index is 1.74. The first-order valence-electron chi connectivity index (χ1n) is 9.51. The molecule has 0 aliphatic heterocycles. The SMILES string of the molecule is [CH3][Zr]([CH]=C1CCC1)([CH]1C=CC=C1)[CH]1c2ccccc2-c2ccccc21. The van der Waals surface area contributed by atoms with Crippen molar-refractivity contribution in [2.24, 2.45) is 0 Å². The zero-order valence-corrected chi connectivity index (χ0v) is 17.2. The minimum atomic E-state index is -2.70. The van der Waals surface area contributed by atoms with Gasteiger partial charge in [-0.2, -0.15) is 0 Å². The van der Waals surface area contributed by atoms with Crippen LogP contribution in [0.15, 0.2) is 82.2 Å². The van der Waals surface area contributed by atoms with Gasteiger partial charge in [-0.1, -0.05) is 0 Å². The molecule has 0 spiro atoms. The van der Waals surface area contributed by atoms with Gasteiger partial charge >= 0.3 is 156 Å². The van der Waals surface area contributed by atoms with Gasteiger partial charge in [-0.25, -0.2) is 0 Å². The molecule has 3 aliphatic rings. The van der Waals surface area contributed by atoms with E-state index in [0.717, 1.165) is 0 Å². The van der Waals surface area contributed by atoms with Crippen LogP contribution in [0.4, 0.5) is 0 Å². The molecule has 1 saturated carbocycles. The van der Waals surface area contributed by atoms with Crippen LogP contribution < -0.4 is 0 Å². The second-order valence-corrected chi connectivity index (χ2v) is 18.4. The van der Waals surface area contributed by atoms with Crippen molar-refractivity contribution in [3.05, 3.63) is 93.3 Å². The van der Waals surface area contributed by atoms with Crippen LogP contribution in [0.1, 0.15) is 34.0 Å². The standard InChI is InChI=1S/C13H9.C5H7.C5H5.CH3.Zr/c1-3-7-12-10(5-1)9-11-6-2-4-8-13(11)12;1-5-3-2-4-5;1-2-4-5-3-1;;/h1-9H;1H,2-4H2;1-5H;1H3;. The normalized spacial score (nSPS) is 20.9. The number of hydrogen-bond donors (Lipinski definition) is 0. The third-order valence-corrected chi connectivity index (χ3v) is 18.0. The summed E-state index contributed by atoms with van der Waals surface area (Å²) in [5.41, 5.74) is 7.88. The summed E-state index contributed by atoms with van der Waals surface area (Å²) in [6, 6.07) is 18.3. The van der Waals surface area contributed by atoms with Crippen LogP contribution in [0.25, 0.3) is 11.1 Å². The van der Waals surface area contributed by atoms with E-state index in [4.69, 9.17) is 0 Å². The van der Waals surface area contributed by atoms with E-state index in [0.29, 0.717) is 7.25 Å². The first kappa shape index (κ1) is 15.8. The zero-order chi connectivity index (χ0) is 16.9. The molecule has 1 unspecified atom stereocenters. The summed E-state index contributed by atoms with van der Waals surface area (Å²) in [4.78, 5) is 0. The van der Waals surface area contributed by atoms with Crippen molar-refractivity contribution in [1.29, 1.82) is 0 Å². The quantitative estimate of drug-likeness (QED) is 0.520. The van der Waals surface area contributed by atoms with Gasteiger partial charge in [0.2, 0.25) is 0 Å². The van der Waals surface area contributed by atoms with E-state index in [1.54, 1.807) is 16.7 Å². The van der Waals surface area contributed by atoms with Crippen molar-refractivity contribution in [3.8, 4) is 11.1 Å². The second kappa shape index (κ2) is 6.06. The van der Waals surface area contributed by atoms with E-state index in [1.165, 1.54) is 30.4 Å². The molecule has 0 nitrogen and oxygen atoms in total. The molecule has 0 heterocycles. The fraction of sp³-hybridized carbons (Fsp3) is 0.250. The van der Waals surface area contributed by atoms with Gasteiger partial charge in [0.1, 0.15) is 0 Å². The first-order chi connectivity index (χ1) is 12.3. The van der Waals surface area contributed by atoms with Crippen molar-refractivity contribution < 1.29 is 20.3 Å². The average molecular weight is 404 g/mol. The molecule has 0 aromatic heterocycles. The Morgan fingerprint density at radius 3 is 1.92 bits per heavy atom. The molecule has 2 aromatic carbocycles. The molecule has 0 N–H and O–H groups in total. The summed E-state index contributed by atoms with van der Waals surface area (Å²) < 4.78 is 6.83. The number of hydrogen-bond acceptors (Lipinski definition) is 0. The maximum atomic E-state index is 2.84. The van der Waals surface area contributed by atoms with Crippen LogP contribution in [-0.4, -0.2) is 0 Å². The van der Waals surface area contributed by atoms with Crippen LogP contribution in [-0.2, 0) is 20.3 Å². The Kier molecular flexibility index (Phi) is 3.82. The molecule has 1 heteroatoms. The van der Waals surface area contributed by atoms with E-state index in [2.05, 4.69) is 81.3 Å². The monoisotopic (exact) mass is 402 g/mol. The summed E-state index contributed by atoms with van der Waals surface area (Å²) >= 11 is -2.70. The molecule has 124 valence electrons. The van der Waals surface area contributed by atoms with Gasteiger partial charge in [-0.05, 0) is 0 Å². The Bertz CT molecular complexity index is 854. The molecule has 0 bridgehead atoms. The van der Waals surface area contributed by atoms with Crippen LogP contribution in [0.3, 0.4) is 0 Å². The van der Waals surface area contributed by atoms with Crippen molar-refractivity contribution in [3.63, 3.8) is 0 Å². The van der Waals surface area contributed by atoms with E-state index >= 15 is 0 Å². The number of benzene rings is 2. The van der Waals surface area contributed by atoms with E-state index in [9.17, 15) is 0 Å². The first-order valence-corrected chi connectivity index (χ1v) is 16.2. The molecule has 0 amide bonds. The van der Waals surface area contributed by atoms with Crippen molar-refractivity contribution in [2.45, 2.75) is 31.1 Å². The molecule has 25 heavy (non-hydrogen) atoms. The number of rotatable bonds is 3. The van der Waals surface area contributed by atoms with Crippen molar-refractivity contribution >= 4 is 0 Å². The van der Waals surface area contributed by atoms with Crippen LogP contribution >= 0.6 is 0 Å². The van der Waals surface area contributed by atoms with E-state index in [-0.39, 0.29) is 0 Å². The molecule has 5 rings (SSSR count). The van der Waals surface area contributed by atoms with Crippen molar-refractivity contribution in [1.82, 2.24) is 0 Å². The Labute approximate surface area is 155 Å². The topological polar surface area (TPSA) is 0 Å². The molecular weight excluding hydrogens is 379 g/mol. The Hall–Kier alpha value is -1.46. The Morgan fingerprint density at radius 1 is 0.840 bits per heavy atom. The fourth-order valence-electron chi connectivity index (χ4n) is 5.01. The number of fused-ring (bicyclic) bond motifs is 3.